The highest BCUT2D eigenvalue weighted by Crippen LogP contribution is 2.17. The average Bonchev–Trinajstić information content (AvgIpc) is 2.51. The van der Waals surface area contributed by atoms with Crippen molar-refractivity contribution in [3.63, 3.8) is 0 Å². The number of rotatable bonds is 0. The van der Waals surface area contributed by atoms with Crippen LogP contribution in [0, 0.1) is 6.92 Å². The lowest BCUT2D eigenvalue weighted by Gasteiger charge is -1.98. The zero-order valence-electron chi connectivity index (χ0n) is 8.75. The van der Waals surface area contributed by atoms with Gasteiger partial charge in [-0.15, -0.1) is 0 Å². The van der Waals surface area contributed by atoms with Crippen LogP contribution in [-0.2, 0) is 0 Å². The molecule has 2 rings (SSSR count). The smallest absolute Gasteiger partial charge is 0.420 e. The number of para-hydroxylation sites is 1. The van der Waals surface area contributed by atoms with E-state index in [9.17, 15) is 14.4 Å². The monoisotopic (exact) mass is 236 g/mol. The van der Waals surface area contributed by atoms with Gasteiger partial charge < -0.3 is 10.2 Å². The maximum atomic E-state index is 11.7. The highest BCUT2D eigenvalue weighted by atomic mass is 16.4. The number of carboxylic acid groups (broad SMARTS) is 2. The number of fused-ring (bicyclic) bond motifs is 1. The predicted octanol–water partition coefficient (Wildman–Crippen LogP) is 1.16. The molecule has 2 N–H and O–H groups in total. The molecular weight excluding hydrogens is 228 g/mol. The fourth-order valence-corrected chi connectivity index (χ4v) is 1.78. The Morgan fingerprint density at radius 2 is 1.71 bits per heavy atom. The van der Waals surface area contributed by atoms with E-state index in [-0.39, 0.29) is 11.0 Å². The molecule has 0 saturated carbocycles. The van der Waals surface area contributed by atoms with Gasteiger partial charge in [0.05, 0.1) is 11.0 Å². The second kappa shape index (κ2) is 3.48. The van der Waals surface area contributed by atoms with Crippen molar-refractivity contribution >= 4 is 23.2 Å². The summed E-state index contributed by atoms with van der Waals surface area (Å²) in [5.41, 5.74) is -0.436. The summed E-state index contributed by atoms with van der Waals surface area (Å²) in [4.78, 5) is 33.6. The van der Waals surface area contributed by atoms with Gasteiger partial charge in [0, 0.05) is 0 Å². The third-order valence-corrected chi connectivity index (χ3v) is 2.45. The number of aromatic nitrogens is 2. The van der Waals surface area contributed by atoms with E-state index in [1.54, 1.807) is 19.1 Å². The van der Waals surface area contributed by atoms with Crippen LogP contribution in [0.2, 0.25) is 0 Å². The zero-order chi connectivity index (χ0) is 12.7. The predicted molar refractivity (Wildman–Crippen MR) is 57.8 cm³/mol. The first-order valence-corrected chi connectivity index (χ1v) is 4.65. The maximum Gasteiger partial charge on any atom is 0.420 e. The first-order chi connectivity index (χ1) is 7.95. The molecule has 0 amide bonds. The first-order valence-electron chi connectivity index (χ1n) is 4.65. The summed E-state index contributed by atoms with van der Waals surface area (Å²) in [6.45, 7) is 1.60. The number of benzene rings is 1. The molecule has 0 bridgehead atoms. The molecular formula is C10H8N2O5. The van der Waals surface area contributed by atoms with E-state index in [2.05, 4.69) is 0 Å². The maximum absolute atomic E-state index is 11.7. The summed E-state index contributed by atoms with van der Waals surface area (Å²) < 4.78 is 0.842. The van der Waals surface area contributed by atoms with Crippen LogP contribution in [0.1, 0.15) is 5.56 Å². The van der Waals surface area contributed by atoms with Crippen molar-refractivity contribution in [3.8, 4) is 0 Å². The van der Waals surface area contributed by atoms with Crippen LogP contribution in [0.3, 0.4) is 0 Å². The second-order valence-electron chi connectivity index (χ2n) is 3.46. The third-order valence-electron chi connectivity index (χ3n) is 2.45. The molecule has 0 aliphatic heterocycles. The number of carbonyl (C=O) groups is 2. The molecule has 0 atom stereocenters. The molecule has 1 heterocycles. The number of nitrogens with zero attached hydrogens (tertiary/aromatic N) is 2. The van der Waals surface area contributed by atoms with Crippen molar-refractivity contribution in [1.29, 1.82) is 0 Å². The van der Waals surface area contributed by atoms with E-state index in [1.807, 2.05) is 0 Å². The molecule has 88 valence electrons. The lowest BCUT2D eigenvalue weighted by atomic mass is 10.2. The SMILES string of the molecule is Cc1cccc2c1n(C(=O)O)c(=O)n2C(=O)O. The second-order valence-corrected chi connectivity index (χ2v) is 3.46. The highest BCUT2D eigenvalue weighted by Gasteiger charge is 2.22. The molecule has 0 spiro atoms. The minimum atomic E-state index is -1.51. The molecule has 17 heavy (non-hydrogen) atoms. The van der Waals surface area contributed by atoms with Gasteiger partial charge in [0.2, 0.25) is 0 Å². The Hall–Kier alpha value is -2.57. The number of imidazole rings is 1. The van der Waals surface area contributed by atoms with Gasteiger partial charge in [-0.2, -0.15) is 9.13 Å². The van der Waals surface area contributed by atoms with Crippen molar-refractivity contribution in [2.24, 2.45) is 0 Å². The van der Waals surface area contributed by atoms with Gasteiger partial charge in [-0.25, -0.2) is 14.4 Å². The molecule has 0 fully saturated rings. The normalized spacial score (nSPS) is 10.6. The molecule has 7 heteroatoms. The van der Waals surface area contributed by atoms with E-state index in [0.717, 1.165) is 0 Å². The lowest BCUT2D eigenvalue weighted by molar-refractivity contribution is 0.193. The fraction of sp³-hybridized carbons (Fsp3) is 0.100. The molecule has 1 aromatic carbocycles. The fourth-order valence-electron chi connectivity index (χ4n) is 1.78. The Morgan fingerprint density at radius 3 is 2.24 bits per heavy atom. The van der Waals surface area contributed by atoms with Gasteiger partial charge in [0.15, 0.2) is 0 Å². The number of hydrogen-bond acceptors (Lipinski definition) is 3. The van der Waals surface area contributed by atoms with E-state index in [1.165, 1.54) is 6.07 Å². The van der Waals surface area contributed by atoms with Crippen LogP contribution in [0.15, 0.2) is 23.0 Å². The Kier molecular flexibility index (Phi) is 2.24. The molecule has 2 aromatic rings. The van der Waals surface area contributed by atoms with Gasteiger partial charge in [0.1, 0.15) is 0 Å². The van der Waals surface area contributed by atoms with Crippen molar-refractivity contribution in [3.05, 3.63) is 34.2 Å². The standard InChI is InChI=1S/C10H8N2O5/c1-5-3-2-4-6-7(5)12(10(16)17)8(13)11(6)9(14)15/h2-4H,1H3,(H,14,15)(H,16,17). The van der Waals surface area contributed by atoms with E-state index in [4.69, 9.17) is 10.2 Å². The molecule has 0 unspecified atom stereocenters. The topological polar surface area (TPSA) is 102 Å². The lowest BCUT2D eigenvalue weighted by Crippen LogP contribution is -2.31. The van der Waals surface area contributed by atoms with Crippen LogP contribution in [-0.4, -0.2) is 31.5 Å². The van der Waals surface area contributed by atoms with Gasteiger partial charge >= 0.3 is 17.9 Å². The van der Waals surface area contributed by atoms with Crippen LogP contribution in [0.4, 0.5) is 9.59 Å². The number of hydrogen-bond donors (Lipinski definition) is 2. The summed E-state index contributed by atoms with van der Waals surface area (Å²) in [5, 5.41) is 17.8. The Morgan fingerprint density at radius 1 is 1.12 bits per heavy atom. The van der Waals surface area contributed by atoms with Gasteiger partial charge in [-0.1, -0.05) is 12.1 Å². The molecule has 7 nitrogen and oxygen atoms in total. The molecule has 0 aliphatic carbocycles. The summed E-state index contributed by atoms with van der Waals surface area (Å²) in [7, 11) is 0. The van der Waals surface area contributed by atoms with Gasteiger partial charge in [-0.05, 0) is 18.6 Å². The largest absolute Gasteiger partial charge is 0.464 e. The van der Waals surface area contributed by atoms with Crippen molar-refractivity contribution in [2.45, 2.75) is 6.92 Å². The minimum absolute atomic E-state index is 0.0601. The summed E-state index contributed by atoms with van der Waals surface area (Å²) >= 11 is 0. The van der Waals surface area contributed by atoms with Crippen LogP contribution >= 0.6 is 0 Å². The summed E-state index contributed by atoms with van der Waals surface area (Å²) in [6.07, 6.45) is -3.01. The van der Waals surface area contributed by atoms with E-state index >= 15 is 0 Å². The van der Waals surface area contributed by atoms with Crippen LogP contribution in [0.25, 0.3) is 11.0 Å². The number of aryl methyl sites for hydroxylation is 1. The Labute approximate surface area is 94.1 Å². The van der Waals surface area contributed by atoms with Crippen molar-refractivity contribution in [2.75, 3.05) is 0 Å². The quantitative estimate of drug-likeness (QED) is 0.714. The zero-order valence-corrected chi connectivity index (χ0v) is 8.75. The molecule has 1 aromatic heterocycles. The summed E-state index contributed by atoms with van der Waals surface area (Å²) in [6, 6.07) is 4.55. The molecule has 0 radical (unpaired) electrons. The van der Waals surface area contributed by atoms with Crippen LogP contribution in [0.5, 0.6) is 0 Å². The highest BCUT2D eigenvalue weighted by molar-refractivity contribution is 5.93. The molecule has 0 aliphatic rings. The average molecular weight is 236 g/mol. The van der Waals surface area contributed by atoms with E-state index in [0.29, 0.717) is 14.7 Å². The Balaban J connectivity index is 3.10. The first kappa shape index (κ1) is 10.9. The third kappa shape index (κ3) is 1.40. The van der Waals surface area contributed by atoms with Crippen molar-refractivity contribution in [1.82, 2.24) is 9.13 Å². The van der Waals surface area contributed by atoms with Crippen LogP contribution < -0.4 is 5.69 Å². The van der Waals surface area contributed by atoms with Gasteiger partial charge in [0.25, 0.3) is 0 Å². The minimum Gasteiger partial charge on any atom is -0.464 e. The van der Waals surface area contributed by atoms with Gasteiger partial charge in [-0.3, -0.25) is 0 Å². The van der Waals surface area contributed by atoms with Crippen molar-refractivity contribution < 1.29 is 19.8 Å². The van der Waals surface area contributed by atoms with E-state index < -0.39 is 17.9 Å². The Bertz CT molecular complexity index is 695. The summed E-state index contributed by atoms with van der Waals surface area (Å²) in [5.74, 6) is 0. The molecule has 0 saturated heterocycles.